The summed E-state index contributed by atoms with van der Waals surface area (Å²) >= 11 is 0. The number of nitrogens with zero attached hydrogens (tertiary/aromatic N) is 5. The molecule has 0 fully saturated rings. The first kappa shape index (κ1) is 18.1. The van der Waals surface area contributed by atoms with Crippen LogP contribution in [0.25, 0.3) is 11.0 Å². The molecular weight excluding hydrogens is 308 g/mol. The summed E-state index contributed by atoms with van der Waals surface area (Å²) in [7, 11) is 5.68. The standard InChI is InChI=1S/C16H26N6O2/c1-11(2)6-12(8-20(3)4)19-14(23)9-22-10-17-15-13(16(22)24)7-18-21(15)5/h7,10-12H,6,8-9H2,1-5H3,(H,19,23). The monoisotopic (exact) mass is 334 g/mol. The minimum Gasteiger partial charge on any atom is -0.351 e. The van der Waals surface area contributed by atoms with Crippen molar-refractivity contribution < 1.29 is 4.79 Å². The summed E-state index contributed by atoms with van der Waals surface area (Å²) in [5.74, 6) is 0.293. The molecular formula is C16H26N6O2. The van der Waals surface area contributed by atoms with Crippen molar-refractivity contribution in [3.05, 3.63) is 22.9 Å². The fourth-order valence-electron chi connectivity index (χ4n) is 2.80. The van der Waals surface area contributed by atoms with Gasteiger partial charge in [-0.2, -0.15) is 5.10 Å². The number of likely N-dealkylation sites (N-methyl/N-ethyl adjacent to an activating group) is 1. The molecule has 0 saturated heterocycles. The highest BCUT2D eigenvalue weighted by Crippen LogP contribution is 2.06. The van der Waals surface area contributed by atoms with E-state index in [1.165, 1.54) is 21.8 Å². The predicted molar refractivity (Wildman–Crippen MR) is 92.7 cm³/mol. The highest BCUT2D eigenvalue weighted by Gasteiger charge is 2.16. The molecule has 0 radical (unpaired) electrons. The second-order valence-corrected chi connectivity index (χ2v) is 6.84. The maximum Gasteiger partial charge on any atom is 0.264 e. The summed E-state index contributed by atoms with van der Waals surface area (Å²) in [6, 6.07) is 0.0540. The molecule has 2 aromatic heterocycles. The largest absolute Gasteiger partial charge is 0.351 e. The summed E-state index contributed by atoms with van der Waals surface area (Å²) in [5.41, 5.74) is 0.262. The first-order valence-corrected chi connectivity index (χ1v) is 8.09. The molecule has 8 heteroatoms. The molecule has 0 aromatic carbocycles. The van der Waals surface area contributed by atoms with Crippen molar-refractivity contribution in [1.29, 1.82) is 0 Å². The minimum atomic E-state index is -0.253. The maximum absolute atomic E-state index is 12.4. The number of hydrogen-bond donors (Lipinski definition) is 1. The molecule has 0 aliphatic carbocycles. The Hall–Kier alpha value is -2.22. The summed E-state index contributed by atoms with van der Waals surface area (Å²) in [6.45, 7) is 4.97. The molecule has 0 aliphatic heterocycles. The van der Waals surface area contributed by atoms with E-state index in [1.807, 2.05) is 19.0 Å². The molecule has 0 saturated carbocycles. The van der Waals surface area contributed by atoms with Gasteiger partial charge in [-0.05, 0) is 26.4 Å². The molecule has 1 unspecified atom stereocenters. The topological polar surface area (TPSA) is 85.1 Å². The average Bonchev–Trinajstić information content (AvgIpc) is 2.82. The number of hydrogen-bond acceptors (Lipinski definition) is 5. The Morgan fingerprint density at radius 2 is 2.08 bits per heavy atom. The predicted octanol–water partition coefficient (Wildman–Crippen LogP) is 0.223. The zero-order valence-corrected chi connectivity index (χ0v) is 15.0. The van der Waals surface area contributed by atoms with Crippen molar-refractivity contribution >= 4 is 16.9 Å². The van der Waals surface area contributed by atoms with E-state index in [0.29, 0.717) is 17.0 Å². The number of aromatic nitrogens is 4. The molecule has 1 amide bonds. The highest BCUT2D eigenvalue weighted by atomic mass is 16.2. The molecule has 2 aromatic rings. The third-order valence-corrected chi connectivity index (χ3v) is 3.74. The molecule has 0 spiro atoms. The van der Waals surface area contributed by atoms with Gasteiger partial charge in [-0.1, -0.05) is 13.8 Å². The van der Waals surface area contributed by atoms with E-state index < -0.39 is 0 Å². The zero-order chi connectivity index (χ0) is 17.9. The Balaban J connectivity index is 2.10. The van der Waals surface area contributed by atoms with Crippen LogP contribution in [0.3, 0.4) is 0 Å². The second kappa shape index (κ2) is 7.57. The van der Waals surface area contributed by atoms with Crippen molar-refractivity contribution in [2.45, 2.75) is 32.9 Å². The van der Waals surface area contributed by atoms with Gasteiger partial charge >= 0.3 is 0 Å². The van der Waals surface area contributed by atoms with Crippen molar-refractivity contribution in [1.82, 2.24) is 29.5 Å². The molecule has 8 nitrogen and oxygen atoms in total. The maximum atomic E-state index is 12.4. The van der Waals surface area contributed by atoms with Gasteiger partial charge in [0.1, 0.15) is 18.3 Å². The minimum absolute atomic E-state index is 0.0430. The number of fused-ring (bicyclic) bond motifs is 1. The van der Waals surface area contributed by atoms with Crippen LogP contribution in [0.15, 0.2) is 17.3 Å². The molecule has 132 valence electrons. The summed E-state index contributed by atoms with van der Waals surface area (Å²) < 4.78 is 2.86. The Labute approximate surface area is 141 Å². The third kappa shape index (κ3) is 4.41. The molecule has 24 heavy (non-hydrogen) atoms. The van der Waals surface area contributed by atoms with Gasteiger partial charge in [-0.15, -0.1) is 0 Å². The number of aryl methyl sites for hydroxylation is 1. The van der Waals surface area contributed by atoms with Crippen LogP contribution in [0.5, 0.6) is 0 Å². The van der Waals surface area contributed by atoms with E-state index in [2.05, 4.69) is 29.2 Å². The van der Waals surface area contributed by atoms with Crippen molar-refractivity contribution in [3.63, 3.8) is 0 Å². The second-order valence-electron chi connectivity index (χ2n) is 6.84. The van der Waals surface area contributed by atoms with Crippen LogP contribution in [0.1, 0.15) is 20.3 Å². The van der Waals surface area contributed by atoms with Crippen LogP contribution < -0.4 is 10.9 Å². The Morgan fingerprint density at radius 1 is 1.38 bits per heavy atom. The van der Waals surface area contributed by atoms with Crippen LogP contribution in [-0.4, -0.2) is 56.8 Å². The molecule has 1 atom stereocenters. The van der Waals surface area contributed by atoms with Gasteiger partial charge in [-0.3, -0.25) is 18.8 Å². The van der Waals surface area contributed by atoms with E-state index in [0.717, 1.165) is 13.0 Å². The first-order chi connectivity index (χ1) is 11.3. The first-order valence-electron chi connectivity index (χ1n) is 8.09. The van der Waals surface area contributed by atoms with E-state index in [4.69, 9.17) is 0 Å². The summed E-state index contributed by atoms with van der Waals surface area (Å²) in [4.78, 5) is 31.0. The quantitative estimate of drug-likeness (QED) is 0.783. The van der Waals surface area contributed by atoms with Gasteiger partial charge < -0.3 is 10.2 Å². The highest BCUT2D eigenvalue weighted by molar-refractivity contribution is 5.77. The molecule has 0 aliphatic rings. The number of carbonyl (C=O) groups is 1. The lowest BCUT2D eigenvalue weighted by Gasteiger charge is -2.24. The Morgan fingerprint density at radius 3 is 2.71 bits per heavy atom. The van der Waals surface area contributed by atoms with Gasteiger partial charge in [-0.25, -0.2) is 4.98 Å². The summed E-state index contributed by atoms with van der Waals surface area (Å²) in [6.07, 6.45) is 3.76. The van der Waals surface area contributed by atoms with E-state index in [1.54, 1.807) is 7.05 Å². The van der Waals surface area contributed by atoms with Gasteiger partial charge in [0, 0.05) is 19.6 Å². The van der Waals surface area contributed by atoms with E-state index in [9.17, 15) is 9.59 Å². The Bertz CT molecular complexity index is 752. The molecule has 2 rings (SSSR count). The van der Waals surface area contributed by atoms with Crippen LogP contribution in [0.4, 0.5) is 0 Å². The number of rotatable bonds is 7. The average molecular weight is 334 g/mol. The van der Waals surface area contributed by atoms with E-state index in [-0.39, 0.29) is 24.1 Å². The van der Waals surface area contributed by atoms with Gasteiger partial charge in [0.2, 0.25) is 5.91 Å². The van der Waals surface area contributed by atoms with Crippen molar-refractivity contribution in [3.8, 4) is 0 Å². The summed E-state index contributed by atoms with van der Waals surface area (Å²) in [5, 5.41) is 7.46. The number of carbonyl (C=O) groups excluding carboxylic acids is 1. The Kier molecular flexibility index (Phi) is 5.71. The fraction of sp³-hybridized carbons (Fsp3) is 0.625. The van der Waals surface area contributed by atoms with Gasteiger partial charge in [0.05, 0.1) is 6.20 Å². The lowest BCUT2D eigenvalue weighted by molar-refractivity contribution is -0.122. The molecule has 1 N–H and O–H groups in total. The smallest absolute Gasteiger partial charge is 0.264 e. The van der Waals surface area contributed by atoms with E-state index >= 15 is 0 Å². The lowest BCUT2D eigenvalue weighted by Crippen LogP contribution is -2.44. The SMILES string of the molecule is CC(C)CC(CN(C)C)NC(=O)Cn1cnc2c(cnn2C)c1=O. The van der Waals surface area contributed by atoms with Crippen molar-refractivity contribution in [2.24, 2.45) is 13.0 Å². The number of amides is 1. The van der Waals surface area contributed by atoms with Crippen molar-refractivity contribution in [2.75, 3.05) is 20.6 Å². The van der Waals surface area contributed by atoms with Crippen LogP contribution in [-0.2, 0) is 18.4 Å². The molecule has 2 heterocycles. The fourth-order valence-corrected chi connectivity index (χ4v) is 2.80. The zero-order valence-electron chi connectivity index (χ0n) is 15.0. The van der Waals surface area contributed by atoms with Crippen LogP contribution in [0.2, 0.25) is 0 Å². The third-order valence-electron chi connectivity index (χ3n) is 3.74. The van der Waals surface area contributed by atoms with Gasteiger partial charge in [0.15, 0.2) is 5.65 Å². The molecule has 0 bridgehead atoms. The van der Waals surface area contributed by atoms with Crippen LogP contribution >= 0.6 is 0 Å². The number of nitrogens with one attached hydrogen (secondary N) is 1. The normalized spacial score (nSPS) is 13.0. The van der Waals surface area contributed by atoms with Gasteiger partial charge in [0.25, 0.3) is 5.56 Å². The van der Waals surface area contributed by atoms with Crippen LogP contribution in [0, 0.1) is 5.92 Å². The lowest BCUT2D eigenvalue weighted by atomic mass is 10.0.